The molecule has 0 radical (unpaired) electrons. The fraction of sp³-hybridized carbons (Fsp3) is 0.320. The topological polar surface area (TPSA) is 80.0 Å². The highest BCUT2D eigenvalue weighted by Crippen LogP contribution is 2.30. The van der Waals surface area contributed by atoms with E-state index in [0.717, 1.165) is 51.9 Å². The lowest BCUT2D eigenvalue weighted by atomic mass is 10.0. The molecule has 1 aliphatic rings. The SMILES string of the molecule is Cc1csc2c(Cc3ccc(-c4ccn(C)n4)cc3)cc(C(=O)N[C@H]3CCC[C@@H]3O)nc12. The number of benzene rings is 1. The van der Waals surface area contributed by atoms with Gasteiger partial charge in [0.05, 0.1) is 28.1 Å². The first-order valence-corrected chi connectivity index (χ1v) is 11.8. The van der Waals surface area contributed by atoms with Crippen LogP contribution >= 0.6 is 11.3 Å². The molecule has 32 heavy (non-hydrogen) atoms. The number of aromatic nitrogens is 3. The lowest BCUT2D eigenvalue weighted by Gasteiger charge is -2.16. The van der Waals surface area contributed by atoms with E-state index in [1.165, 1.54) is 5.56 Å². The zero-order chi connectivity index (χ0) is 22.2. The zero-order valence-corrected chi connectivity index (χ0v) is 19.0. The summed E-state index contributed by atoms with van der Waals surface area (Å²) < 4.78 is 2.92. The van der Waals surface area contributed by atoms with Crippen LogP contribution in [0.1, 0.15) is 46.4 Å². The van der Waals surface area contributed by atoms with Gasteiger partial charge in [0.25, 0.3) is 5.91 Å². The van der Waals surface area contributed by atoms with Crippen LogP contribution in [0.5, 0.6) is 0 Å². The Kier molecular flexibility index (Phi) is 5.53. The first-order valence-electron chi connectivity index (χ1n) is 10.9. The Labute approximate surface area is 190 Å². The van der Waals surface area contributed by atoms with Gasteiger partial charge in [0.2, 0.25) is 0 Å². The molecule has 0 aliphatic heterocycles. The molecule has 0 unspecified atom stereocenters. The van der Waals surface area contributed by atoms with Gasteiger partial charge in [-0.15, -0.1) is 11.3 Å². The van der Waals surface area contributed by atoms with E-state index in [9.17, 15) is 9.90 Å². The molecule has 3 aromatic heterocycles. The smallest absolute Gasteiger partial charge is 0.270 e. The first kappa shape index (κ1) is 20.8. The summed E-state index contributed by atoms with van der Waals surface area (Å²) in [5.41, 5.74) is 6.67. The van der Waals surface area contributed by atoms with Gasteiger partial charge in [-0.1, -0.05) is 24.3 Å². The van der Waals surface area contributed by atoms with Crippen molar-refractivity contribution in [3.8, 4) is 11.3 Å². The number of carbonyl (C=O) groups is 1. The Bertz CT molecular complexity index is 1280. The van der Waals surface area contributed by atoms with E-state index >= 15 is 0 Å². The van der Waals surface area contributed by atoms with Crippen LogP contribution in [0.15, 0.2) is 48.0 Å². The maximum atomic E-state index is 12.9. The van der Waals surface area contributed by atoms with Gasteiger partial charge in [-0.2, -0.15) is 5.10 Å². The van der Waals surface area contributed by atoms with Crippen LogP contribution in [-0.4, -0.2) is 37.9 Å². The van der Waals surface area contributed by atoms with Gasteiger partial charge >= 0.3 is 0 Å². The largest absolute Gasteiger partial charge is 0.391 e. The number of rotatable bonds is 5. The average Bonchev–Trinajstić information content (AvgIpc) is 3.50. The number of pyridine rings is 1. The van der Waals surface area contributed by atoms with Crippen LogP contribution < -0.4 is 5.32 Å². The second-order valence-corrected chi connectivity index (χ2v) is 9.47. The summed E-state index contributed by atoms with van der Waals surface area (Å²) in [5, 5.41) is 19.6. The fourth-order valence-electron chi connectivity index (χ4n) is 4.37. The van der Waals surface area contributed by atoms with Crippen LogP contribution in [0.4, 0.5) is 0 Å². The number of hydrogen-bond acceptors (Lipinski definition) is 5. The standard InChI is InChI=1S/C25H26N4O2S/c1-15-14-32-24-18(12-16-6-8-17(9-7-16)19-10-11-29(2)28-19)13-21(26-23(15)24)25(31)27-20-4-3-5-22(20)30/h6-11,13-14,20,22,30H,3-5,12H2,1-2H3,(H,27,31)/t20-,22-/m0/s1. The molecular weight excluding hydrogens is 420 g/mol. The molecule has 0 bridgehead atoms. The highest BCUT2D eigenvalue weighted by molar-refractivity contribution is 7.17. The van der Waals surface area contributed by atoms with Crippen molar-refractivity contribution in [2.24, 2.45) is 7.05 Å². The number of hydrogen-bond donors (Lipinski definition) is 2. The number of nitrogens with one attached hydrogen (secondary N) is 1. The summed E-state index contributed by atoms with van der Waals surface area (Å²) >= 11 is 1.67. The molecule has 2 atom stereocenters. The van der Waals surface area contributed by atoms with Crippen molar-refractivity contribution < 1.29 is 9.90 Å². The lowest BCUT2D eigenvalue weighted by molar-refractivity contribution is 0.0868. The molecule has 1 fully saturated rings. The Balaban J connectivity index is 1.43. The molecule has 0 saturated heterocycles. The van der Waals surface area contributed by atoms with Gasteiger partial charge in [-0.3, -0.25) is 9.48 Å². The van der Waals surface area contributed by atoms with Gasteiger partial charge in [-0.25, -0.2) is 4.98 Å². The molecule has 1 saturated carbocycles. The number of carbonyl (C=O) groups excluding carboxylic acids is 1. The second-order valence-electron chi connectivity index (χ2n) is 8.59. The summed E-state index contributed by atoms with van der Waals surface area (Å²) in [6.45, 7) is 2.03. The molecule has 7 heteroatoms. The third-order valence-electron chi connectivity index (χ3n) is 6.16. The van der Waals surface area contributed by atoms with Gasteiger partial charge in [0.1, 0.15) is 5.69 Å². The summed E-state index contributed by atoms with van der Waals surface area (Å²) in [5.74, 6) is -0.213. The van der Waals surface area contributed by atoms with Crippen LogP contribution in [0.3, 0.4) is 0 Å². The minimum atomic E-state index is -0.470. The molecule has 0 spiro atoms. The minimum absolute atomic E-state index is 0.189. The van der Waals surface area contributed by atoms with E-state index < -0.39 is 6.10 Å². The average molecular weight is 447 g/mol. The molecule has 4 aromatic rings. The summed E-state index contributed by atoms with van der Waals surface area (Å²) in [6, 6.07) is 12.1. The molecule has 1 aromatic carbocycles. The minimum Gasteiger partial charge on any atom is -0.391 e. The molecule has 3 heterocycles. The van der Waals surface area contributed by atoms with Crippen LogP contribution in [0.25, 0.3) is 21.5 Å². The molecule has 5 rings (SSSR count). The normalized spacial score (nSPS) is 18.3. The Morgan fingerprint density at radius 2 is 2.06 bits per heavy atom. The molecule has 6 nitrogen and oxygen atoms in total. The van der Waals surface area contributed by atoms with Gasteiger partial charge in [-0.05, 0) is 66.8 Å². The van der Waals surface area contributed by atoms with Crippen molar-refractivity contribution in [1.29, 1.82) is 0 Å². The fourth-order valence-corrected chi connectivity index (χ4v) is 5.38. The maximum Gasteiger partial charge on any atom is 0.270 e. The number of aliphatic hydroxyl groups excluding tert-OH is 1. The van der Waals surface area contributed by atoms with E-state index in [2.05, 4.69) is 45.0 Å². The summed E-state index contributed by atoms with van der Waals surface area (Å²) in [6.07, 6.45) is 4.66. The zero-order valence-electron chi connectivity index (χ0n) is 18.2. The van der Waals surface area contributed by atoms with Crippen molar-refractivity contribution >= 4 is 27.5 Å². The van der Waals surface area contributed by atoms with E-state index in [4.69, 9.17) is 0 Å². The monoisotopic (exact) mass is 446 g/mol. The third kappa shape index (κ3) is 4.06. The van der Waals surface area contributed by atoms with Crippen molar-refractivity contribution in [3.63, 3.8) is 0 Å². The predicted octanol–water partition coefficient (Wildman–Crippen LogP) is 4.24. The first-order chi connectivity index (χ1) is 15.5. The quantitative estimate of drug-likeness (QED) is 0.481. The van der Waals surface area contributed by atoms with Crippen LogP contribution in [-0.2, 0) is 13.5 Å². The molecule has 1 aliphatic carbocycles. The van der Waals surface area contributed by atoms with E-state index in [1.54, 1.807) is 16.0 Å². The third-order valence-corrected chi connectivity index (χ3v) is 7.33. The van der Waals surface area contributed by atoms with Gasteiger partial charge in [0.15, 0.2) is 0 Å². The predicted molar refractivity (Wildman–Crippen MR) is 127 cm³/mol. The van der Waals surface area contributed by atoms with Crippen molar-refractivity contribution in [2.45, 2.75) is 44.8 Å². The number of amides is 1. The Morgan fingerprint density at radius 1 is 1.25 bits per heavy atom. The number of aliphatic hydroxyl groups is 1. The van der Waals surface area contributed by atoms with E-state index in [1.807, 2.05) is 32.3 Å². The number of nitrogens with zero attached hydrogens (tertiary/aromatic N) is 3. The molecule has 164 valence electrons. The number of thiophene rings is 1. The molecular formula is C25H26N4O2S. The second kappa shape index (κ2) is 8.48. The number of fused-ring (bicyclic) bond motifs is 1. The van der Waals surface area contributed by atoms with Crippen molar-refractivity contribution in [3.05, 3.63) is 70.4 Å². The van der Waals surface area contributed by atoms with Crippen molar-refractivity contribution in [2.75, 3.05) is 0 Å². The highest BCUT2D eigenvalue weighted by atomic mass is 32.1. The molecule has 1 amide bonds. The summed E-state index contributed by atoms with van der Waals surface area (Å²) in [7, 11) is 1.91. The van der Waals surface area contributed by atoms with Crippen LogP contribution in [0.2, 0.25) is 0 Å². The molecule has 2 N–H and O–H groups in total. The van der Waals surface area contributed by atoms with Gasteiger partial charge < -0.3 is 10.4 Å². The summed E-state index contributed by atoms with van der Waals surface area (Å²) in [4.78, 5) is 17.6. The number of aryl methyl sites for hydroxylation is 2. The Morgan fingerprint density at radius 3 is 2.75 bits per heavy atom. The van der Waals surface area contributed by atoms with E-state index in [0.29, 0.717) is 12.1 Å². The van der Waals surface area contributed by atoms with Crippen LogP contribution in [0, 0.1) is 6.92 Å². The highest BCUT2D eigenvalue weighted by Gasteiger charge is 2.27. The maximum absolute atomic E-state index is 12.9. The Hall–Kier alpha value is -3.03. The van der Waals surface area contributed by atoms with Crippen molar-refractivity contribution in [1.82, 2.24) is 20.1 Å². The van der Waals surface area contributed by atoms with Gasteiger partial charge in [0, 0.05) is 18.8 Å². The lowest BCUT2D eigenvalue weighted by Crippen LogP contribution is -2.40. The van der Waals surface area contributed by atoms with E-state index in [-0.39, 0.29) is 11.9 Å².